The summed E-state index contributed by atoms with van der Waals surface area (Å²) in [7, 11) is -8.47. The zero-order valence-electron chi connectivity index (χ0n) is 21.8. The number of hydrogen-bond donors (Lipinski definition) is 2. The van der Waals surface area contributed by atoms with Crippen LogP contribution in [0.4, 0.5) is 38.1 Å². The van der Waals surface area contributed by atoms with E-state index in [9.17, 15) is 43.6 Å². The number of sulfonamides is 2. The van der Waals surface area contributed by atoms with Crippen molar-refractivity contribution in [1.82, 2.24) is 4.72 Å². The lowest BCUT2D eigenvalue weighted by molar-refractivity contribution is -0.242. The van der Waals surface area contributed by atoms with Gasteiger partial charge in [0.25, 0.3) is 10.0 Å². The summed E-state index contributed by atoms with van der Waals surface area (Å²) < 4.78 is 131. The minimum Gasteiger partial charge on any atom is -0.484 e. The number of halogens is 5. The lowest BCUT2D eigenvalue weighted by Crippen LogP contribution is -2.60. The van der Waals surface area contributed by atoms with Crippen LogP contribution in [0.3, 0.4) is 0 Å². The van der Waals surface area contributed by atoms with Gasteiger partial charge in [-0.1, -0.05) is 0 Å². The molecule has 1 atom stereocenters. The highest BCUT2D eigenvalue weighted by Crippen LogP contribution is 2.41. The predicted molar refractivity (Wildman–Crippen MR) is 134 cm³/mol. The molecule has 2 N–H and O–H groups in total. The first kappa shape index (κ1) is 31.3. The second kappa shape index (κ2) is 10.3. The summed E-state index contributed by atoms with van der Waals surface area (Å²) in [5.41, 5.74) is -4.66. The Hall–Kier alpha value is -3.18. The van der Waals surface area contributed by atoms with E-state index < -0.39 is 72.6 Å². The normalized spacial score (nSPS) is 16.6. The Morgan fingerprint density at radius 3 is 2.17 bits per heavy atom. The molecule has 2 aromatic rings. The number of carbonyl (C=O) groups is 1. The van der Waals surface area contributed by atoms with Gasteiger partial charge in [-0.25, -0.2) is 35.1 Å². The number of nitrogens with zero attached hydrogens (tertiary/aromatic N) is 1. The van der Waals surface area contributed by atoms with Gasteiger partial charge in [-0.05, 0) is 64.1 Å². The van der Waals surface area contributed by atoms with Gasteiger partial charge in [-0.15, -0.1) is 0 Å². The first-order valence-corrected chi connectivity index (χ1v) is 14.7. The minimum absolute atomic E-state index is 0.125. The van der Waals surface area contributed by atoms with E-state index in [0.717, 1.165) is 22.7 Å². The SMILES string of the molecule is CC(C)(NS(C)(=O)=O)C1CN(S(=O)(=O)c2ccc(F)c(F)c2)c2cc(NC(=O)OC(C)(C)C(F)(F)F)ccc2O1. The van der Waals surface area contributed by atoms with Crippen LogP contribution >= 0.6 is 0 Å². The van der Waals surface area contributed by atoms with Gasteiger partial charge in [0, 0.05) is 5.69 Å². The third-order valence-corrected chi connectivity index (χ3v) is 8.51. The fourth-order valence-electron chi connectivity index (χ4n) is 3.67. The van der Waals surface area contributed by atoms with Gasteiger partial charge in [0.15, 0.2) is 11.6 Å². The summed E-state index contributed by atoms with van der Waals surface area (Å²) in [4.78, 5) is 11.5. The van der Waals surface area contributed by atoms with Crippen LogP contribution in [0.2, 0.25) is 0 Å². The number of amides is 1. The van der Waals surface area contributed by atoms with E-state index >= 15 is 0 Å². The van der Waals surface area contributed by atoms with Crippen LogP contribution in [-0.4, -0.2) is 59.1 Å². The van der Waals surface area contributed by atoms with Crippen LogP contribution in [0.25, 0.3) is 0 Å². The van der Waals surface area contributed by atoms with Gasteiger partial charge in [0.05, 0.1) is 28.9 Å². The van der Waals surface area contributed by atoms with Crippen molar-refractivity contribution in [2.24, 2.45) is 0 Å². The van der Waals surface area contributed by atoms with Crippen molar-refractivity contribution in [2.45, 2.75) is 56.0 Å². The van der Waals surface area contributed by atoms with E-state index in [1.54, 1.807) is 0 Å². The van der Waals surface area contributed by atoms with Crippen LogP contribution in [-0.2, 0) is 24.8 Å². The molecule has 1 aliphatic heterocycles. The van der Waals surface area contributed by atoms with Crippen molar-refractivity contribution >= 4 is 37.5 Å². The quantitative estimate of drug-likeness (QED) is 0.448. The first-order valence-electron chi connectivity index (χ1n) is 11.4. The molecule has 2 aromatic carbocycles. The zero-order chi connectivity index (χ0) is 30.5. The Balaban J connectivity index is 2.06. The molecule has 10 nitrogen and oxygen atoms in total. The van der Waals surface area contributed by atoms with Gasteiger partial charge >= 0.3 is 12.3 Å². The standard InChI is InChI=1S/C23H26F5N3O7S2/c1-21(2,30-39(5,33)34)19-12-31(40(35,36)14-7-8-15(24)16(25)11-14)17-10-13(6-9-18(17)37-19)29-20(32)38-22(3,4)23(26,27)28/h6-11,19,30H,12H2,1-5H3,(H,29,32). The summed E-state index contributed by atoms with van der Waals surface area (Å²) >= 11 is 0. The van der Waals surface area contributed by atoms with Gasteiger partial charge in [-0.3, -0.25) is 9.62 Å². The summed E-state index contributed by atoms with van der Waals surface area (Å²) in [5, 5.41) is 2.08. The second-order valence-corrected chi connectivity index (χ2v) is 13.6. The highest BCUT2D eigenvalue weighted by Gasteiger charge is 2.51. The molecule has 0 spiro atoms. The lowest BCUT2D eigenvalue weighted by atomic mass is 9.97. The number of benzene rings is 2. The van der Waals surface area contributed by atoms with Gasteiger partial charge < -0.3 is 9.47 Å². The fraction of sp³-hybridized carbons (Fsp3) is 0.435. The second-order valence-electron chi connectivity index (χ2n) is 10.0. The van der Waals surface area contributed by atoms with Gasteiger partial charge in [-0.2, -0.15) is 13.2 Å². The Bertz CT molecular complexity index is 1530. The first-order chi connectivity index (χ1) is 18.0. The van der Waals surface area contributed by atoms with Gasteiger partial charge in [0.1, 0.15) is 11.9 Å². The fourth-order valence-corrected chi connectivity index (χ4v) is 6.24. The molecule has 0 radical (unpaired) electrons. The molecule has 0 aromatic heterocycles. The van der Waals surface area contributed by atoms with E-state index in [-0.39, 0.29) is 17.1 Å². The molecular weight excluding hydrogens is 589 g/mol. The maximum Gasteiger partial charge on any atom is 0.427 e. The number of rotatable bonds is 7. The smallest absolute Gasteiger partial charge is 0.427 e. The molecule has 1 amide bonds. The Kier molecular flexibility index (Phi) is 8.10. The molecule has 17 heteroatoms. The minimum atomic E-state index is -4.88. The summed E-state index contributed by atoms with van der Waals surface area (Å²) in [6.45, 7) is 3.59. The molecule has 0 fully saturated rings. The number of alkyl halides is 3. The molecule has 1 unspecified atom stereocenters. The largest absolute Gasteiger partial charge is 0.484 e. The van der Waals surface area contributed by atoms with Crippen LogP contribution < -0.4 is 19.1 Å². The highest BCUT2D eigenvalue weighted by atomic mass is 32.2. The van der Waals surface area contributed by atoms with Crippen molar-refractivity contribution in [3.8, 4) is 5.75 Å². The molecule has 40 heavy (non-hydrogen) atoms. The monoisotopic (exact) mass is 615 g/mol. The van der Waals surface area contributed by atoms with E-state index in [1.165, 1.54) is 26.0 Å². The number of anilines is 2. The molecule has 0 bridgehead atoms. The third-order valence-electron chi connectivity index (χ3n) is 5.84. The maximum absolute atomic E-state index is 14.0. The lowest BCUT2D eigenvalue weighted by Gasteiger charge is -2.42. The molecule has 222 valence electrons. The van der Waals surface area contributed by atoms with Crippen molar-refractivity contribution in [3.05, 3.63) is 48.0 Å². The van der Waals surface area contributed by atoms with Crippen molar-refractivity contribution < 1.29 is 53.1 Å². The van der Waals surface area contributed by atoms with E-state index in [0.29, 0.717) is 26.0 Å². The highest BCUT2D eigenvalue weighted by molar-refractivity contribution is 7.92. The molecular formula is C23H26F5N3O7S2. The Morgan fingerprint density at radius 1 is 1.00 bits per heavy atom. The van der Waals surface area contributed by atoms with E-state index in [4.69, 9.17) is 4.74 Å². The summed E-state index contributed by atoms with van der Waals surface area (Å²) in [5.74, 6) is -2.87. The van der Waals surface area contributed by atoms with E-state index in [2.05, 4.69) is 14.8 Å². The zero-order valence-corrected chi connectivity index (χ0v) is 23.4. The molecule has 0 saturated heterocycles. The number of ether oxygens (including phenoxy) is 2. The Morgan fingerprint density at radius 2 is 1.62 bits per heavy atom. The summed E-state index contributed by atoms with van der Waals surface area (Å²) in [6.07, 6.45) is -6.65. The molecule has 0 saturated carbocycles. The van der Waals surface area contributed by atoms with Gasteiger partial charge in [0.2, 0.25) is 15.6 Å². The van der Waals surface area contributed by atoms with Crippen molar-refractivity contribution in [2.75, 3.05) is 22.4 Å². The molecule has 3 rings (SSSR count). The number of fused-ring (bicyclic) bond motifs is 1. The van der Waals surface area contributed by atoms with Crippen LogP contribution in [0.5, 0.6) is 5.75 Å². The van der Waals surface area contributed by atoms with Crippen LogP contribution in [0.1, 0.15) is 27.7 Å². The molecule has 0 aliphatic carbocycles. The number of nitrogens with one attached hydrogen (secondary N) is 2. The van der Waals surface area contributed by atoms with E-state index in [1.807, 2.05) is 0 Å². The predicted octanol–water partition coefficient (Wildman–Crippen LogP) is 4.14. The van der Waals surface area contributed by atoms with Crippen LogP contribution in [0.15, 0.2) is 41.3 Å². The van der Waals surface area contributed by atoms with Crippen molar-refractivity contribution in [3.63, 3.8) is 0 Å². The molecule has 1 aliphatic rings. The number of carbonyl (C=O) groups excluding carboxylic acids is 1. The third kappa shape index (κ3) is 6.75. The van der Waals surface area contributed by atoms with Crippen molar-refractivity contribution in [1.29, 1.82) is 0 Å². The molecule has 1 heterocycles. The maximum atomic E-state index is 14.0. The number of hydrogen-bond acceptors (Lipinski definition) is 7. The Labute approximate surface area is 227 Å². The van der Waals surface area contributed by atoms with Crippen LogP contribution in [0, 0.1) is 11.6 Å². The average molecular weight is 616 g/mol. The average Bonchev–Trinajstić information content (AvgIpc) is 2.77. The summed E-state index contributed by atoms with van der Waals surface area (Å²) in [6, 6.07) is 5.30. The topological polar surface area (TPSA) is 131 Å².